The van der Waals surface area contributed by atoms with E-state index in [1.54, 1.807) is 0 Å². The van der Waals surface area contributed by atoms with Gasteiger partial charge in [-0.3, -0.25) is 0 Å². The van der Waals surface area contributed by atoms with E-state index in [2.05, 4.69) is 20.8 Å². The lowest BCUT2D eigenvalue weighted by Crippen LogP contribution is -2.38. The predicted octanol–water partition coefficient (Wildman–Crippen LogP) is 2.13. The smallest absolute Gasteiger partial charge is 0.184 e. The number of hydrogen-bond acceptors (Lipinski definition) is 1. The number of halogens is 1. The first-order chi connectivity index (χ1) is 3.81. The average Bonchev–Trinajstić information content (AvgIpc) is 1.64. The maximum absolute atomic E-state index is 8.86. The van der Waals surface area contributed by atoms with Crippen molar-refractivity contribution < 1.29 is 5.11 Å². The minimum Gasteiger partial charge on any atom is -0.398 e. The zero-order chi connectivity index (χ0) is 7.71. The molecule has 0 spiro atoms. The molecule has 0 amide bonds. The molecular formula is C6H15ClOSi. The van der Waals surface area contributed by atoms with Crippen molar-refractivity contribution in [3.8, 4) is 0 Å². The monoisotopic (exact) mass is 166 g/mol. The zero-order valence-electron chi connectivity index (χ0n) is 6.53. The third-order valence-corrected chi connectivity index (χ3v) is 7.64. The number of hydrogen-bond donors (Lipinski definition) is 1. The second-order valence-electron chi connectivity index (χ2n) is 3.61. The fourth-order valence-corrected chi connectivity index (χ4v) is 0.712. The molecule has 9 heavy (non-hydrogen) atoms. The lowest BCUT2D eigenvalue weighted by molar-refractivity contribution is 0.355. The van der Waals surface area contributed by atoms with Gasteiger partial charge in [-0.1, -0.05) is 27.3 Å². The maximum atomic E-state index is 8.86. The molecule has 0 heterocycles. The van der Waals surface area contributed by atoms with Gasteiger partial charge >= 0.3 is 0 Å². The van der Waals surface area contributed by atoms with Gasteiger partial charge in [0.2, 0.25) is 0 Å². The van der Waals surface area contributed by atoms with Gasteiger partial charge in [-0.25, -0.2) is 0 Å². The van der Waals surface area contributed by atoms with Crippen LogP contribution in [-0.4, -0.2) is 18.7 Å². The molecule has 1 N–H and O–H groups in total. The summed E-state index contributed by atoms with van der Waals surface area (Å²) in [5.74, 6) is 0. The van der Waals surface area contributed by atoms with Gasteiger partial charge in [-0.05, 0) is 5.04 Å². The molecule has 0 saturated carbocycles. The first-order valence-corrected chi connectivity index (χ1v) is 6.83. The summed E-state index contributed by atoms with van der Waals surface area (Å²) in [5.41, 5.74) is 0. The summed E-state index contributed by atoms with van der Waals surface area (Å²) in [4.78, 5) is 0. The highest BCUT2D eigenvalue weighted by atomic mass is 35.6. The van der Waals surface area contributed by atoms with Gasteiger partial charge in [-0.2, -0.15) is 11.1 Å². The van der Waals surface area contributed by atoms with E-state index in [9.17, 15) is 0 Å². The van der Waals surface area contributed by atoms with Crippen LogP contribution in [0.2, 0.25) is 11.6 Å². The van der Waals surface area contributed by atoms with E-state index in [-0.39, 0.29) is 11.3 Å². The molecule has 0 aliphatic rings. The Morgan fingerprint density at radius 2 is 1.78 bits per heavy atom. The summed E-state index contributed by atoms with van der Waals surface area (Å²) >= 11 is 6.09. The number of rotatable bonds is 1. The third kappa shape index (κ3) is 2.28. The normalized spacial score (nSPS) is 19.3. The summed E-state index contributed by atoms with van der Waals surface area (Å²) < 4.78 is 0. The molecule has 0 saturated heterocycles. The van der Waals surface area contributed by atoms with Gasteiger partial charge in [0.15, 0.2) is 7.38 Å². The van der Waals surface area contributed by atoms with Crippen LogP contribution in [0.25, 0.3) is 0 Å². The molecular weight excluding hydrogens is 152 g/mol. The second-order valence-corrected chi connectivity index (χ2v) is 10.3. The predicted molar refractivity (Wildman–Crippen MR) is 44.3 cm³/mol. The molecule has 0 aromatic rings. The van der Waals surface area contributed by atoms with E-state index in [0.29, 0.717) is 0 Å². The molecule has 1 nitrogen and oxygen atoms in total. The molecule has 3 heteroatoms. The molecule has 0 aliphatic heterocycles. The van der Waals surface area contributed by atoms with Crippen LogP contribution in [-0.2, 0) is 0 Å². The summed E-state index contributed by atoms with van der Waals surface area (Å²) in [7, 11) is -1.85. The summed E-state index contributed by atoms with van der Waals surface area (Å²) in [6.07, 6.45) is 0.165. The van der Waals surface area contributed by atoms with Gasteiger partial charge in [0.05, 0.1) is 6.23 Å². The molecule has 0 aliphatic carbocycles. The molecule has 0 fully saturated rings. The minimum absolute atomic E-state index is 0.101. The van der Waals surface area contributed by atoms with Crippen molar-refractivity contribution in [3.63, 3.8) is 0 Å². The number of aliphatic hydroxyl groups is 1. The highest BCUT2D eigenvalue weighted by Crippen LogP contribution is 2.37. The Morgan fingerprint density at radius 1 is 1.44 bits per heavy atom. The SMILES string of the molecule is CC(C)(C)[Si](C)(Cl)CO. The Bertz CT molecular complexity index is 95.7. The van der Waals surface area contributed by atoms with Crippen molar-refractivity contribution in [1.82, 2.24) is 0 Å². The lowest BCUT2D eigenvalue weighted by Gasteiger charge is -2.31. The van der Waals surface area contributed by atoms with E-state index < -0.39 is 7.38 Å². The van der Waals surface area contributed by atoms with Crippen LogP contribution in [0.15, 0.2) is 0 Å². The van der Waals surface area contributed by atoms with Crippen molar-refractivity contribution in [2.75, 3.05) is 6.23 Å². The van der Waals surface area contributed by atoms with Crippen molar-refractivity contribution in [3.05, 3.63) is 0 Å². The molecule has 0 rings (SSSR count). The van der Waals surface area contributed by atoms with Crippen molar-refractivity contribution >= 4 is 18.5 Å². The fraction of sp³-hybridized carbons (Fsp3) is 1.00. The first kappa shape index (κ1) is 9.47. The Morgan fingerprint density at radius 3 is 1.78 bits per heavy atom. The molecule has 1 atom stereocenters. The van der Waals surface area contributed by atoms with E-state index in [0.717, 1.165) is 0 Å². The van der Waals surface area contributed by atoms with Crippen LogP contribution in [0, 0.1) is 0 Å². The largest absolute Gasteiger partial charge is 0.398 e. The van der Waals surface area contributed by atoms with E-state index in [1.807, 2.05) is 6.55 Å². The van der Waals surface area contributed by atoms with Gasteiger partial charge in [-0.15, -0.1) is 0 Å². The Kier molecular flexibility index (Phi) is 2.74. The van der Waals surface area contributed by atoms with Crippen LogP contribution >= 0.6 is 11.1 Å². The van der Waals surface area contributed by atoms with E-state index in [4.69, 9.17) is 16.2 Å². The molecule has 0 aromatic heterocycles. The summed E-state index contributed by atoms with van der Waals surface area (Å²) in [6.45, 7) is 8.20. The van der Waals surface area contributed by atoms with Crippen LogP contribution in [0.5, 0.6) is 0 Å². The molecule has 0 aromatic carbocycles. The lowest BCUT2D eigenvalue weighted by atomic mass is 10.2. The quantitative estimate of drug-likeness (QED) is 0.468. The fourth-order valence-electron chi connectivity index (χ4n) is 0.237. The van der Waals surface area contributed by atoms with Crippen LogP contribution < -0.4 is 0 Å². The molecule has 0 radical (unpaired) electrons. The summed E-state index contributed by atoms with van der Waals surface area (Å²) in [6, 6.07) is 0. The minimum atomic E-state index is -1.85. The van der Waals surface area contributed by atoms with Crippen molar-refractivity contribution in [1.29, 1.82) is 0 Å². The van der Waals surface area contributed by atoms with Crippen molar-refractivity contribution in [2.45, 2.75) is 32.4 Å². The second kappa shape index (κ2) is 2.60. The van der Waals surface area contributed by atoms with E-state index in [1.165, 1.54) is 0 Å². The van der Waals surface area contributed by atoms with Gasteiger partial charge < -0.3 is 5.11 Å². The van der Waals surface area contributed by atoms with Crippen LogP contribution in [0.3, 0.4) is 0 Å². The molecule has 56 valence electrons. The third-order valence-electron chi connectivity index (χ3n) is 1.86. The Balaban J connectivity index is 4.14. The first-order valence-electron chi connectivity index (χ1n) is 3.11. The van der Waals surface area contributed by atoms with Gasteiger partial charge in [0.1, 0.15) is 0 Å². The highest BCUT2D eigenvalue weighted by Gasteiger charge is 2.37. The molecule has 1 unspecified atom stereocenters. The van der Waals surface area contributed by atoms with E-state index >= 15 is 0 Å². The van der Waals surface area contributed by atoms with Crippen molar-refractivity contribution in [2.24, 2.45) is 0 Å². The standard InChI is InChI=1S/C6H15ClOSi/c1-6(2,3)9(4,7)5-8/h8H,5H2,1-4H3. The number of aliphatic hydroxyl groups excluding tert-OH is 1. The average molecular weight is 167 g/mol. The zero-order valence-corrected chi connectivity index (χ0v) is 8.29. The topological polar surface area (TPSA) is 20.2 Å². The van der Waals surface area contributed by atoms with Crippen LogP contribution in [0.4, 0.5) is 0 Å². The highest BCUT2D eigenvalue weighted by molar-refractivity contribution is 7.21. The van der Waals surface area contributed by atoms with Gasteiger partial charge in [0.25, 0.3) is 0 Å². The Labute approximate surface area is 62.7 Å². The summed E-state index contributed by atoms with van der Waals surface area (Å²) in [5, 5.41) is 8.96. The Hall–Kier alpha value is 0.467. The van der Waals surface area contributed by atoms with Gasteiger partial charge in [0, 0.05) is 0 Å². The van der Waals surface area contributed by atoms with Crippen LogP contribution in [0.1, 0.15) is 20.8 Å². The maximum Gasteiger partial charge on any atom is 0.184 e. The molecule has 0 bridgehead atoms.